The predicted molar refractivity (Wildman–Crippen MR) is 110 cm³/mol. The summed E-state index contributed by atoms with van der Waals surface area (Å²) in [6, 6.07) is 23.2. The Bertz CT molecular complexity index is 955. The van der Waals surface area contributed by atoms with E-state index in [0.29, 0.717) is 24.8 Å². The number of hydrogen-bond acceptors (Lipinski definition) is 2. The van der Waals surface area contributed by atoms with Crippen molar-refractivity contribution >= 4 is 34.8 Å². The van der Waals surface area contributed by atoms with Gasteiger partial charge < -0.3 is 9.80 Å². The molecule has 0 fully saturated rings. The number of fused-ring (bicyclic) bond motifs is 1. The van der Waals surface area contributed by atoms with Crippen LogP contribution < -0.4 is 4.90 Å². The summed E-state index contributed by atoms with van der Waals surface area (Å²) in [6.45, 7) is 1.78. The Balaban J connectivity index is 1.62. The second-order valence-corrected chi connectivity index (χ2v) is 7.49. The smallest absolute Gasteiger partial charge is 0.257 e. The van der Waals surface area contributed by atoms with Crippen LogP contribution in [-0.2, 0) is 13.1 Å². The minimum absolute atomic E-state index is 0.0490. The maximum Gasteiger partial charge on any atom is 0.257 e. The first-order valence-electron chi connectivity index (χ1n) is 8.72. The molecular formula is C22H18Cl2N2O. The average Bonchev–Trinajstić information content (AvgIpc) is 2.69. The van der Waals surface area contributed by atoms with Crippen LogP contribution in [0.5, 0.6) is 0 Å². The Hall–Kier alpha value is -2.49. The fraction of sp³-hybridized carbons (Fsp3) is 0.136. The van der Waals surface area contributed by atoms with E-state index in [1.54, 1.807) is 0 Å². The van der Waals surface area contributed by atoms with Gasteiger partial charge >= 0.3 is 0 Å². The van der Waals surface area contributed by atoms with E-state index in [9.17, 15) is 4.79 Å². The molecule has 0 bridgehead atoms. The molecule has 0 unspecified atom stereocenters. The number of halogens is 2. The van der Waals surface area contributed by atoms with Gasteiger partial charge in [-0.15, -0.1) is 0 Å². The second kappa shape index (κ2) is 7.63. The minimum Gasteiger partial charge on any atom is -0.349 e. The molecule has 3 aromatic rings. The van der Waals surface area contributed by atoms with Crippen LogP contribution in [-0.4, -0.2) is 17.5 Å². The van der Waals surface area contributed by atoms with E-state index >= 15 is 0 Å². The molecule has 3 aromatic carbocycles. The van der Waals surface area contributed by atoms with Crippen molar-refractivity contribution in [2.45, 2.75) is 13.1 Å². The lowest BCUT2D eigenvalue weighted by Gasteiger charge is -2.38. The number of nitrogens with zero attached hydrogens (tertiary/aromatic N) is 2. The van der Waals surface area contributed by atoms with Gasteiger partial charge in [-0.3, -0.25) is 4.79 Å². The average molecular weight is 397 g/mol. The van der Waals surface area contributed by atoms with Crippen molar-refractivity contribution in [2.75, 3.05) is 11.6 Å². The van der Waals surface area contributed by atoms with Crippen molar-refractivity contribution < 1.29 is 4.79 Å². The van der Waals surface area contributed by atoms with Crippen LogP contribution in [0.25, 0.3) is 0 Å². The molecular weight excluding hydrogens is 379 g/mol. The zero-order chi connectivity index (χ0) is 18.8. The maximum absolute atomic E-state index is 13.0. The Morgan fingerprint density at radius 1 is 0.704 bits per heavy atom. The normalized spacial score (nSPS) is 13.6. The Morgan fingerprint density at radius 2 is 1.22 bits per heavy atom. The van der Waals surface area contributed by atoms with E-state index in [2.05, 4.69) is 4.90 Å². The van der Waals surface area contributed by atoms with Gasteiger partial charge in [0.05, 0.1) is 17.9 Å². The largest absolute Gasteiger partial charge is 0.349 e. The monoisotopic (exact) mass is 396 g/mol. The number of benzene rings is 3. The Labute approximate surface area is 168 Å². The third-order valence-corrected chi connectivity index (χ3v) is 5.18. The van der Waals surface area contributed by atoms with Crippen molar-refractivity contribution in [3.63, 3.8) is 0 Å². The SMILES string of the molecule is O=C1c2ccccc2N(Cc2ccc(Cl)cc2)CN1Cc1ccc(Cl)cc1. The maximum atomic E-state index is 13.0. The molecule has 1 amide bonds. The number of amides is 1. The lowest BCUT2D eigenvalue weighted by molar-refractivity contribution is 0.0727. The molecule has 4 rings (SSSR count). The number of carbonyl (C=O) groups is 1. The van der Waals surface area contributed by atoms with E-state index in [4.69, 9.17) is 23.2 Å². The van der Waals surface area contributed by atoms with Gasteiger partial charge in [0.1, 0.15) is 0 Å². The zero-order valence-electron chi connectivity index (χ0n) is 14.6. The van der Waals surface area contributed by atoms with Crippen LogP contribution in [0.1, 0.15) is 21.5 Å². The summed E-state index contributed by atoms with van der Waals surface area (Å²) < 4.78 is 0. The summed E-state index contributed by atoms with van der Waals surface area (Å²) in [5.74, 6) is 0.0490. The number of carbonyl (C=O) groups excluding carboxylic acids is 1. The molecule has 0 atom stereocenters. The lowest BCUT2D eigenvalue weighted by Crippen LogP contribution is -2.45. The Kier molecular flexibility index (Phi) is 5.06. The molecule has 5 heteroatoms. The molecule has 0 saturated heterocycles. The van der Waals surface area contributed by atoms with Crippen molar-refractivity contribution in [1.82, 2.24) is 4.90 Å². The molecule has 0 saturated carbocycles. The minimum atomic E-state index is 0.0490. The number of para-hydroxylation sites is 1. The van der Waals surface area contributed by atoms with Gasteiger partial charge in [-0.05, 0) is 47.5 Å². The first-order chi connectivity index (χ1) is 13.1. The van der Waals surface area contributed by atoms with Gasteiger partial charge in [0.25, 0.3) is 5.91 Å². The van der Waals surface area contributed by atoms with Crippen molar-refractivity contribution in [1.29, 1.82) is 0 Å². The summed E-state index contributed by atoms with van der Waals surface area (Å²) in [5, 5.41) is 1.41. The Morgan fingerprint density at radius 3 is 1.81 bits per heavy atom. The quantitative estimate of drug-likeness (QED) is 0.571. The molecule has 136 valence electrons. The van der Waals surface area contributed by atoms with E-state index in [-0.39, 0.29) is 5.91 Å². The van der Waals surface area contributed by atoms with Gasteiger partial charge in [0.15, 0.2) is 0 Å². The van der Waals surface area contributed by atoms with E-state index in [1.807, 2.05) is 77.7 Å². The van der Waals surface area contributed by atoms with Gasteiger partial charge in [-0.25, -0.2) is 0 Å². The van der Waals surface area contributed by atoms with Crippen LogP contribution in [0.15, 0.2) is 72.8 Å². The molecule has 1 heterocycles. The predicted octanol–water partition coefficient (Wildman–Crippen LogP) is 5.61. The van der Waals surface area contributed by atoms with E-state index in [0.717, 1.165) is 27.4 Å². The lowest BCUT2D eigenvalue weighted by atomic mass is 10.1. The molecule has 0 spiro atoms. The van der Waals surface area contributed by atoms with Crippen molar-refractivity contribution in [3.8, 4) is 0 Å². The topological polar surface area (TPSA) is 23.6 Å². The summed E-state index contributed by atoms with van der Waals surface area (Å²) in [7, 11) is 0. The highest BCUT2D eigenvalue weighted by Crippen LogP contribution is 2.29. The molecule has 0 aromatic heterocycles. The molecule has 0 aliphatic carbocycles. The van der Waals surface area contributed by atoms with Crippen molar-refractivity contribution in [2.24, 2.45) is 0 Å². The number of rotatable bonds is 4. The standard InChI is InChI=1S/C22H18Cl2N2O/c23-18-9-5-16(6-10-18)13-25-15-26(14-17-7-11-19(24)12-8-17)22(27)20-3-1-2-4-21(20)25/h1-12H,13-15H2. The summed E-state index contributed by atoms with van der Waals surface area (Å²) in [5.41, 5.74) is 3.89. The molecule has 1 aliphatic heterocycles. The number of anilines is 1. The van der Waals surface area contributed by atoms with Crippen molar-refractivity contribution in [3.05, 3.63) is 99.5 Å². The molecule has 27 heavy (non-hydrogen) atoms. The van der Waals surface area contributed by atoms with Crippen LogP contribution in [0, 0.1) is 0 Å². The van der Waals surface area contributed by atoms with E-state index < -0.39 is 0 Å². The highest BCUT2D eigenvalue weighted by atomic mass is 35.5. The van der Waals surface area contributed by atoms with Crippen LogP contribution in [0.3, 0.4) is 0 Å². The van der Waals surface area contributed by atoms with Gasteiger partial charge in [-0.2, -0.15) is 0 Å². The molecule has 0 N–H and O–H groups in total. The van der Waals surface area contributed by atoms with E-state index in [1.165, 1.54) is 0 Å². The van der Waals surface area contributed by atoms with Gasteiger partial charge in [-0.1, -0.05) is 59.6 Å². The highest BCUT2D eigenvalue weighted by molar-refractivity contribution is 6.30. The van der Waals surface area contributed by atoms with Crippen LogP contribution in [0.2, 0.25) is 10.0 Å². The van der Waals surface area contributed by atoms with Crippen LogP contribution >= 0.6 is 23.2 Å². The van der Waals surface area contributed by atoms with Gasteiger partial charge in [0.2, 0.25) is 0 Å². The highest BCUT2D eigenvalue weighted by Gasteiger charge is 2.28. The van der Waals surface area contributed by atoms with Gasteiger partial charge in [0, 0.05) is 23.1 Å². The fourth-order valence-electron chi connectivity index (χ4n) is 3.32. The summed E-state index contributed by atoms with van der Waals surface area (Å²) in [6.07, 6.45) is 0. The summed E-state index contributed by atoms with van der Waals surface area (Å²) in [4.78, 5) is 17.1. The number of hydrogen-bond donors (Lipinski definition) is 0. The molecule has 1 aliphatic rings. The first-order valence-corrected chi connectivity index (χ1v) is 9.48. The second-order valence-electron chi connectivity index (χ2n) is 6.61. The summed E-state index contributed by atoms with van der Waals surface area (Å²) >= 11 is 12.0. The third-order valence-electron chi connectivity index (χ3n) is 4.68. The zero-order valence-corrected chi connectivity index (χ0v) is 16.1. The molecule has 0 radical (unpaired) electrons. The molecule has 3 nitrogen and oxygen atoms in total. The first kappa shape index (κ1) is 17.9. The third kappa shape index (κ3) is 3.95. The van der Waals surface area contributed by atoms with Crippen LogP contribution in [0.4, 0.5) is 5.69 Å². The fourth-order valence-corrected chi connectivity index (χ4v) is 3.58.